The molecule has 1 aliphatic heterocycles. The molecule has 0 bridgehead atoms. The zero-order valence-corrected chi connectivity index (χ0v) is 18.2. The lowest BCUT2D eigenvalue weighted by Crippen LogP contribution is -2.54. The number of hydrogen-bond donors (Lipinski definition) is 5. The van der Waals surface area contributed by atoms with E-state index in [-0.39, 0.29) is 13.0 Å². The Balaban J connectivity index is 1.99. The second kappa shape index (κ2) is 12.8. The Kier molecular flexibility index (Phi) is 10.1. The molecule has 1 aliphatic rings. The third-order valence-corrected chi connectivity index (χ3v) is 5.49. The van der Waals surface area contributed by atoms with Crippen LogP contribution in [0, 0.1) is 0 Å². The molecule has 1 saturated heterocycles. The number of nitrogens with two attached hydrogens (primary N) is 2. The molecule has 10 nitrogen and oxygen atoms in total. The molecule has 3 unspecified atom stereocenters. The van der Waals surface area contributed by atoms with Crippen molar-refractivity contribution in [1.29, 1.82) is 0 Å². The summed E-state index contributed by atoms with van der Waals surface area (Å²) in [4.78, 5) is 50.4. The summed E-state index contributed by atoms with van der Waals surface area (Å²) in [6, 6.07) is 6.60. The average molecular weight is 448 g/mol. The SMILES string of the molecule is NCCCCC(N)C(=O)NC(Cc1ccccc1)C(=O)NCC(=O)N1CCCC1C(=O)O. The van der Waals surface area contributed by atoms with Crippen molar-refractivity contribution in [2.45, 2.75) is 56.7 Å². The highest BCUT2D eigenvalue weighted by Gasteiger charge is 2.34. The van der Waals surface area contributed by atoms with Crippen LogP contribution in [0.5, 0.6) is 0 Å². The first-order chi connectivity index (χ1) is 15.3. The van der Waals surface area contributed by atoms with Gasteiger partial charge in [-0.15, -0.1) is 0 Å². The highest BCUT2D eigenvalue weighted by atomic mass is 16.4. The van der Waals surface area contributed by atoms with Crippen molar-refractivity contribution in [1.82, 2.24) is 15.5 Å². The number of nitrogens with zero attached hydrogens (tertiary/aromatic N) is 1. The molecular weight excluding hydrogens is 414 g/mol. The van der Waals surface area contributed by atoms with Gasteiger partial charge in [-0.2, -0.15) is 0 Å². The van der Waals surface area contributed by atoms with Crippen LogP contribution in [-0.4, -0.2) is 71.5 Å². The number of rotatable bonds is 12. The van der Waals surface area contributed by atoms with Crippen LogP contribution in [0.25, 0.3) is 0 Å². The predicted octanol–water partition coefficient (Wildman–Crippen LogP) is -0.638. The molecule has 32 heavy (non-hydrogen) atoms. The van der Waals surface area contributed by atoms with Crippen molar-refractivity contribution < 1.29 is 24.3 Å². The van der Waals surface area contributed by atoms with Crippen molar-refractivity contribution in [3.05, 3.63) is 35.9 Å². The predicted molar refractivity (Wildman–Crippen MR) is 118 cm³/mol. The Bertz CT molecular complexity index is 788. The fourth-order valence-electron chi connectivity index (χ4n) is 3.69. The fourth-order valence-corrected chi connectivity index (χ4v) is 3.69. The highest BCUT2D eigenvalue weighted by Crippen LogP contribution is 2.17. The standard InChI is InChI=1S/C22H33N5O5/c23-11-5-4-9-16(24)20(29)26-17(13-15-7-2-1-3-8-15)21(30)25-14-19(28)27-12-6-10-18(27)22(31)32/h1-3,7-8,16-18H,4-6,9-14,23-24H2,(H,25,30)(H,26,29)(H,31,32). The van der Waals surface area contributed by atoms with E-state index < -0.39 is 41.8 Å². The largest absolute Gasteiger partial charge is 0.480 e. The first kappa shape index (κ1) is 25.3. The summed E-state index contributed by atoms with van der Waals surface area (Å²) in [5.41, 5.74) is 12.2. The molecule has 7 N–H and O–H groups in total. The zero-order chi connectivity index (χ0) is 23.5. The van der Waals surface area contributed by atoms with E-state index in [4.69, 9.17) is 11.5 Å². The van der Waals surface area contributed by atoms with Crippen LogP contribution in [0.2, 0.25) is 0 Å². The van der Waals surface area contributed by atoms with Crippen LogP contribution in [0.4, 0.5) is 0 Å². The van der Waals surface area contributed by atoms with Gasteiger partial charge < -0.3 is 32.1 Å². The van der Waals surface area contributed by atoms with E-state index in [9.17, 15) is 24.3 Å². The van der Waals surface area contributed by atoms with Crippen LogP contribution >= 0.6 is 0 Å². The summed E-state index contributed by atoms with van der Waals surface area (Å²) in [6.45, 7) is 0.515. The van der Waals surface area contributed by atoms with Crippen molar-refractivity contribution >= 4 is 23.7 Å². The molecule has 176 valence electrons. The lowest BCUT2D eigenvalue weighted by Gasteiger charge is -2.23. The molecule has 2 rings (SSSR count). The molecule has 3 amide bonds. The maximum atomic E-state index is 12.8. The molecule has 1 heterocycles. The molecule has 0 radical (unpaired) electrons. The summed E-state index contributed by atoms with van der Waals surface area (Å²) >= 11 is 0. The fraction of sp³-hybridized carbons (Fsp3) is 0.545. The number of benzene rings is 1. The number of carbonyl (C=O) groups is 4. The molecular formula is C22H33N5O5. The van der Waals surface area contributed by atoms with E-state index in [0.717, 1.165) is 12.0 Å². The van der Waals surface area contributed by atoms with Crippen LogP contribution in [0.15, 0.2) is 30.3 Å². The van der Waals surface area contributed by atoms with E-state index in [2.05, 4.69) is 10.6 Å². The van der Waals surface area contributed by atoms with E-state index in [1.807, 2.05) is 30.3 Å². The number of hydrogen-bond acceptors (Lipinski definition) is 6. The summed E-state index contributed by atoms with van der Waals surface area (Å²) in [7, 11) is 0. The van der Waals surface area contributed by atoms with Gasteiger partial charge in [0.25, 0.3) is 0 Å². The minimum Gasteiger partial charge on any atom is -0.480 e. The average Bonchev–Trinajstić information content (AvgIpc) is 3.28. The van der Waals surface area contributed by atoms with Crippen LogP contribution in [0.1, 0.15) is 37.7 Å². The molecule has 0 aliphatic carbocycles. The Hall–Kier alpha value is -2.98. The topological polar surface area (TPSA) is 168 Å². The normalized spacial score (nSPS) is 17.4. The lowest BCUT2D eigenvalue weighted by molar-refractivity contribution is -0.148. The van der Waals surface area contributed by atoms with Crippen molar-refractivity contribution in [2.24, 2.45) is 11.5 Å². The number of unbranched alkanes of at least 4 members (excludes halogenated alkanes) is 1. The molecule has 1 aromatic carbocycles. The number of aliphatic carboxylic acids is 1. The first-order valence-electron chi connectivity index (χ1n) is 10.9. The lowest BCUT2D eigenvalue weighted by atomic mass is 10.0. The number of likely N-dealkylation sites (tertiary alicyclic amines) is 1. The summed E-state index contributed by atoms with van der Waals surface area (Å²) in [5.74, 6) is -2.50. The number of carboxylic acids is 1. The Morgan fingerprint density at radius 2 is 1.84 bits per heavy atom. The van der Waals surface area contributed by atoms with E-state index in [1.54, 1.807) is 0 Å². The highest BCUT2D eigenvalue weighted by molar-refractivity contribution is 5.92. The molecule has 0 spiro atoms. The van der Waals surface area contributed by atoms with Gasteiger partial charge in [-0.3, -0.25) is 14.4 Å². The van der Waals surface area contributed by atoms with Gasteiger partial charge in [0.15, 0.2) is 0 Å². The summed E-state index contributed by atoms with van der Waals surface area (Å²) in [6.07, 6.45) is 3.13. The first-order valence-corrected chi connectivity index (χ1v) is 10.9. The second-order valence-corrected chi connectivity index (χ2v) is 7.94. The van der Waals surface area contributed by atoms with Crippen molar-refractivity contribution in [3.8, 4) is 0 Å². The maximum absolute atomic E-state index is 12.8. The van der Waals surface area contributed by atoms with Gasteiger partial charge in [0.1, 0.15) is 12.1 Å². The van der Waals surface area contributed by atoms with Gasteiger partial charge >= 0.3 is 5.97 Å². The third-order valence-electron chi connectivity index (χ3n) is 5.49. The molecule has 1 fully saturated rings. The van der Waals surface area contributed by atoms with Crippen molar-refractivity contribution in [3.63, 3.8) is 0 Å². The summed E-state index contributed by atoms with van der Waals surface area (Å²) < 4.78 is 0. The monoisotopic (exact) mass is 447 g/mol. The summed E-state index contributed by atoms with van der Waals surface area (Å²) in [5, 5.41) is 14.5. The molecule has 3 atom stereocenters. The molecule has 1 aromatic rings. The van der Waals surface area contributed by atoms with Crippen LogP contribution < -0.4 is 22.1 Å². The second-order valence-electron chi connectivity index (χ2n) is 7.94. The van der Waals surface area contributed by atoms with Crippen molar-refractivity contribution in [2.75, 3.05) is 19.6 Å². The van der Waals surface area contributed by atoms with Crippen LogP contribution in [-0.2, 0) is 25.6 Å². The smallest absolute Gasteiger partial charge is 0.326 e. The minimum atomic E-state index is -1.06. The maximum Gasteiger partial charge on any atom is 0.326 e. The minimum absolute atomic E-state index is 0.226. The van der Waals surface area contributed by atoms with E-state index >= 15 is 0 Å². The van der Waals surface area contributed by atoms with Gasteiger partial charge in [-0.1, -0.05) is 36.8 Å². The van der Waals surface area contributed by atoms with E-state index in [1.165, 1.54) is 4.90 Å². The Labute approximate surface area is 187 Å². The number of carboxylic acid groups (broad SMARTS) is 1. The molecule has 0 aromatic heterocycles. The zero-order valence-electron chi connectivity index (χ0n) is 18.2. The number of nitrogens with one attached hydrogen (secondary N) is 2. The van der Waals surface area contributed by atoms with E-state index in [0.29, 0.717) is 38.8 Å². The van der Waals surface area contributed by atoms with Gasteiger partial charge in [0.2, 0.25) is 17.7 Å². The third kappa shape index (κ3) is 7.61. The van der Waals surface area contributed by atoms with Gasteiger partial charge in [0.05, 0.1) is 12.6 Å². The number of amides is 3. The Morgan fingerprint density at radius 3 is 2.50 bits per heavy atom. The van der Waals surface area contributed by atoms with Gasteiger partial charge in [0, 0.05) is 13.0 Å². The van der Waals surface area contributed by atoms with Crippen LogP contribution in [0.3, 0.4) is 0 Å². The Morgan fingerprint density at radius 1 is 1.12 bits per heavy atom. The molecule has 10 heteroatoms. The quantitative estimate of drug-likeness (QED) is 0.266. The molecule has 0 saturated carbocycles. The van der Waals surface area contributed by atoms with Gasteiger partial charge in [-0.05, 0) is 37.8 Å². The van der Waals surface area contributed by atoms with Gasteiger partial charge in [-0.25, -0.2) is 4.79 Å². The number of carbonyl (C=O) groups excluding carboxylic acids is 3.